The fraction of sp³-hybridized carbons (Fsp3) is 0.417. The average Bonchev–Trinajstić information content (AvgIpc) is 2.29. The molecule has 0 saturated heterocycles. The Morgan fingerprint density at radius 3 is 2.50 bits per heavy atom. The highest BCUT2D eigenvalue weighted by Crippen LogP contribution is 2.21. The van der Waals surface area contributed by atoms with Gasteiger partial charge in [-0.3, -0.25) is 4.79 Å². The lowest BCUT2D eigenvalue weighted by Gasteiger charge is -2.26. The highest BCUT2D eigenvalue weighted by molar-refractivity contribution is 9.09. The van der Waals surface area contributed by atoms with Crippen LogP contribution in [0.25, 0.3) is 0 Å². The molecule has 1 amide bonds. The van der Waals surface area contributed by atoms with E-state index in [1.165, 1.54) is 4.90 Å². The van der Waals surface area contributed by atoms with Crippen molar-refractivity contribution in [2.45, 2.75) is 19.9 Å². The maximum Gasteiger partial charge on any atom is 0.257 e. The number of hydrogen-bond donors (Lipinski definition) is 0. The van der Waals surface area contributed by atoms with Gasteiger partial charge < -0.3 is 4.90 Å². The highest BCUT2D eigenvalue weighted by atomic mass is 79.9. The van der Waals surface area contributed by atoms with Gasteiger partial charge >= 0.3 is 0 Å². The molecule has 0 radical (unpaired) electrons. The largest absolute Gasteiger partial charge is 0.335 e. The van der Waals surface area contributed by atoms with E-state index < -0.39 is 17.5 Å². The minimum atomic E-state index is -0.813. The van der Waals surface area contributed by atoms with Crippen molar-refractivity contribution in [2.75, 3.05) is 11.9 Å². The van der Waals surface area contributed by atoms with E-state index in [0.29, 0.717) is 11.9 Å². The molecule has 100 valence electrons. The lowest BCUT2D eigenvalue weighted by atomic mass is 10.1. The normalized spacial score (nSPS) is 10.8. The van der Waals surface area contributed by atoms with E-state index in [2.05, 4.69) is 15.9 Å². The Bertz CT molecular complexity index is 454. The first-order valence-electron chi connectivity index (χ1n) is 5.40. The summed E-state index contributed by atoms with van der Waals surface area (Å²) in [5.74, 6) is -2.16. The number of carbonyl (C=O) groups excluding carboxylic acids is 1. The third-order valence-corrected chi connectivity index (χ3v) is 3.09. The molecule has 6 heteroatoms. The van der Waals surface area contributed by atoms with Gasteiger partial charge in [0.25, 0.3) is 5.91 Å². The minimum absolute atomic E-state index is 0.104. The maximum atomic E-state index is 13.6. The molecule has 0 heterocycles. The van der Waals surface area contributed by atoms with E-state index in [1.807, 2.05) is 13.8 Å². The van der Waals surface area contributed by atoms with Crippen LogP contribution in [0.5, 0.6) is 0 Å². The molecule has 0 aliphatic heterocycles. The van der Waals surface area contributed by atoms with Gasteiger partial charge in [0.1, 0.15) is 11.6 Å². The Hall–Kier alpha value is -0.680. The zero-order chi connectivity index (χ0) is 13.9. The fourth-order valence-corrected chi connectivity index (χ4v) is 2.06. The van der Waals surface area contributed by atoms with Gasteiger partial charge in [-0.1, -0.05) is 27.5 Å². The first-order valence-corrected chi connectivity index (χ1v) is 6.90. The zero-order valence-electron chi connectivity index (χ0n) is 10.0. The SMILES string of the molecule is CC(C)N(CCBr)C(=O)c1cc(F)c(Cl)cc1F. The number of nitrogens with zero attached hydrogens (tertiary/aromatic N) is 1. The zero-order valence-corrected chi connectivity index (χ0v) is 12.4. The van der Waals surface area contributed by atoms with Crippen molar-refractivity contribution in [1.82, 2.24) is 4.90 Å². The Labute approximate surface area is 118 Å². The van der Waals surface area contributed by atoms with Gasteiger partial charge in [0.05, 0.1) is 10.6 Å². The quantitative estimate of drug-likeness (QED) is 0.602. The van der Waals surface area contributed by atoms with Gasteiger partial charge in [-0.25, -0.2) is 8.78 Å². The summed E-state index contributed by atoms with van der Waals surface area (Å²) >= 11 is 8.67. The van der Waals surface area contributed by atoms with Crippen molar-refractivity contribution in [1.29, 1.82) is 0 Å². The van der Waals surface area contributed by atoms with Crippen molar-refractivity contribution >= 4 is 33.4 Å². The number of amides is 1. The second-order valence-corrected chi connectivity index (χ2v) is 5.23. The van der Waals surface area contributed by atoms with Crippen molar-refractivity contribution in [3.8, 4) is 0 Å². The van der Waals surface area contributed by atoms with Gasteiger partial charge in [-0.2, -0.15) is 0 Å². The average molecular weight is 341 g/mol. The van der Waals surface area contributed by atoms with Crippen LogP contribution in [-0.2, 0) is 0 Å². The molecule has 0 fully saturated rings. The third-order valence-electron chi connectivity index (χ3n) is 2.45. The van der Waals surface area contributed by atoms with Crippen LogP contribution in [0.1, 0.15) is 24.2 Å². The highest BCUT2D eigenvalue weighted by Gasteiger charge is 2.22. The van der Waals surface area contributed by atoms with Crippen molar-refractivity contribution in [3.63, 3.8) is 0 Å². The molecule has 0 bridgehead atoms. The van der Waals surface area contributed by atoms with E-state index >= 15 is 0 Å². The summed E-state index contributed by atoms with van der Waals surface area (Å²) in [6.45, 7) is 4.04. The molecule has 0 aliphatic rings. The Morgan fingerprint density at radius 1 is 1.39 bits per heavy atom. The predicted octanol–water partition coefficient (Wildman–Crippen LogP) is 3.86. The molecule has 0 saturated carbocycles. The molecular formula is C12H13BrClF2NO. The number of alkyl halides is 1. The van der Waals surface area contributed by atoms with E-state index in [0.717, 1.165) is 12.1 Å². The second-order valence-electron chi connectivity index (χ2n) is 4.03. The topological polar surface area (TPSA) is 20.3 Å². The van der Waals surface area contributed by atoms with E-state index in [4.69, 9.17) is 11.6 Å². The lowest BCUT2D eigenvalue weighted by molar-refractivity contribution is 0.0714. The van der Waals surface area contributed by atoms with E-state index in [9.17, 15) is 13.6 Å². The molecule has 1 rings (SSSR count). The first-order chi connectivity index (χ1) is 8.38. The molecule has 1 aromatic rings. The Morgan fingerprint density at radius 2 is 2.00 bits per heavy atom. The lowest BCUT2D eigenvalue weighted by Crippen LogP contribution is -2.38. The Balaban J connectivity index is 3.12. The van der Waals surface area contributed by atoms with Crippen LogP contribution in [0.3, 0.4) is 0 Å². The molecule has 0 N–H and O–H groups in total. The summed E-state index contributed by atoms with van der Waals surface area (Å²) < 4.78 is 26.9. The van der Waals surface area contributed by atoms with Gasteiger partial charge in [0, 0.05) is 17.9 Å². The van der Waals surface area contributed by atoms with Gasteiger partial charge in [-0.15, -0.1) is 0 Å². The summed E-state index contributed by atoms with van der Waals surface area (Å²) in [4.78, 5) is 13.6. The number of halogens is 4. The monoisotopic (exact) mass is 339 g/mol. The standard InChI is InChI=1S/C12H13BrClF2NO/c1-7(2)17(4-3-13)12(18)8-5-11(16)9(14)6-10(8)15/h5-7H,3-4H2,1-2H3. The molecule has 0 atom stereocenters. The minimum Gasteiger partial charge on any atom is -0.335 e. The van der Waals surface area contributed by atoms with Gasteiger partial charge in [0.2, 0.25) is 0 Å². The molecule has 2 nitrogen and oxygen atoms in total. The van der Waals surface area contributed by atoms with Crippen LogP contribution >= 0.6 is 27.5 Å². The first kappa shape index (κ1) is 15.4. The van der Waals surface area contributed by atoms with Crippen LogP contribution < -0.4 is 0 Å². The molecule has 0 aliphatic carbocycles. The van der Waals surface area contributed by atoms with E-state index in [1.54, 1.807) is 0 Å². The summed E-state index contributed by atoms with van der Waals surface area (Å²) in [6, 6.07) is 1.55. The number of benzene rings is 1. The Kier molecular flexibility index (Phi) is 5.53. The number of hydrogen-bond acceptors (Lipinski definition) is 1. The van der Waals surface area contributed by atoms with Crippen LogP contribution in [0, 0.1) is 11.6 Å². The summed E-state index contributed by atoms with van der Waals surface area (Å²) in [7, 11) is 0. The molecule has 0 aromatic heterocycles. The fourth-order valence-electron chi connectivity index (χ4n) is 1.53. The van der Waals surface area contributed by atoms with Crippen LogP contribution in [0.15, 0.2) is 12.1 Å². The third kappa shape index (κ3) is 3.42. The smallest absolute Gasteiger partial charge is 0.257 e. The predicted molar refractivity (Wildman–Crippen MR) is 71.3 cm³/mol. The summed E-state index contributed by atoms with van der Waals surface area (Å²) in [5.41, 5.74) is -0.299. The van der Waals surface area contributed by atoms with Crippen molar-refractivity contribution in [3.05, 3.63) is 34.4 Å². The summed E-state index contributed by atoms with van der Waals surface area (Å²) in [6.07, 6.45) is 0. The van der Waals surface area contributed by atoms with Crippen molar-refractivity contribution < 1.29 is 13.6 Å². The molecule has 18 heavy (non-hydrogen) atoms. The van der Waals surface area contributed by atoms with Crippen LogP contribution in [0.2, 0.25) is 5.02 Å². The van der Waals surface area contributed by atoms with Crippen LogP contribution in [0.4, 0.5) is 8.78 Å². The van der Waals surface area contributed by atoms with Crippen molar-refractivity contribution in [2.24, 2.45) is 0 Å². The van der Waals surface area contributed by atoms with Gasteiger partial charge in [0.15, 0.2) is 0 Å². The molecule has 0 unspecified atom stereocenters. The van der Waals surface area contributed by atoms with E-state index in [-0.39, 0.29) is 16.6 Å². The summed E-state index contributed by atoms with van der Waals surface area (Å²) in [5, 5.41) is 0.231. The maximum absolute atomic E-state index is 13.6. The second kappa shape index (κ2) is 6.48. The molecule has 0 spiro atoms. The molecule has 1 aromatic carbocycles. The molecular weight excluding hydrogens is 327 g/mol. The van der Waals surface area contributed by atoms with Crippen LogP contribution in [-0.4, -0.2) is 28.7 Å². The van der Waals surface area contributed by atoms with Gasteiger partial charge in [-0.05, 0) is 26.0 Å². The number of rotatable bonds is 4. The number of carbonyl (C=O) groups is 1.